The van der Waals surface area contributed by atoms with Gasteiger partial charge in [0.2, 0.25) is 11.8 Å². The first-order valence-corrected chi connectivity index (χ1v) is 8.90. The number of thioether (sulfide) groups is 1. The minimum atomic E-state index is -0.375. The average molecular weight is 374 g/mol. The number of carbonyl (C=O) groups is 1. The summed E-state index contributed by atoms with van der Waals surface area (Å²) in [5.74, 6) is 0.269. The van der Waals surface area contributed by atoms with E-state index >= 15 is 0 Å². The molecule has 0 saturated carbocycles. The zero-order chi connectivity index (χ0) is 17.8. The number of nitrogens with one attached hydrogen (secondary N) is 1. The van der Waals surface area contributed by atoms with Crippen molar-refractivity contribution in [3.05, 3.63) is 59.1 Å². The predicted octanol–water partition coefficient (Wildman–Crippen LogP) is 4.82. The second-order valence-electron chi connectivity index (χ2n) is 5.50. The largest absolute Gasteiger partial charge is 0.411 e. The normalized spacial score (nSPS) is 12.0. The predicted molar refractivity (Wildman–Crippen MR) is 99.9 cm³/mol. The molecule has 3 aromatic rings. The third kappa shape index (κ3) is 4.61. The summed E-state index contributed by atoms with van der Waals surface area (Å²) in [5, 5.41) is 11.5. The van der Waals surface area contributed by atoms with Crippen LogP contribution in [-0.2, 0) is 4.79 Å². The second kappa shape index (κ2) is 7.72. The summed E-state index contributed by atoms with van der Waals surface area (Å²) < 4.78 is 5.61. The summed E-state index contributed by atoms with van der Waals surface area (Å²) in [7, 11) is 0. The lowest BCUT2D eigenvalue weighted by Crippen LogP contribution is -2.22. The SMILES string of the molecule is Cc1ccc(NC(=O)[C@@H](C)Sc2nnc(-c3ccc(Cl)cc3)o2)cc1. The molecule has 0 unspecified atom stereocenters. The van der Waals surface area contributed by atoms with Crippen molar-refractivity contribution in [1.82, 2.24) is 10.2 Å². The standard InChI is InChI=1S/C18H16ClN3O2S/c1-11-3-9-15(10-4-11)20-16(23)12(2)25-18-22-21-17(24-18)13-5-7-14(19)8-6-13/h3-10,12H,1-2H3,(H,20,23)/t12-/m1/s1. The van der Waals surface area contributed by atoms with Crippen LogP contribution in [0.2, 0.25) is 5.02 Å². The van der Waals surface area contributed by atoms with Gasteiger partial charge in [0, 0.05) is 16.3 Å². The molecule has 3 rings (SSSR count). The molecule has 7 heteroatoms. The summed E-state index contributed by atoms with van der Waals surface area (Å²) in [4.78, 5) is 12.3. The van der Waals surface area contributed by atoms with Crippen molar-refractivity contribution in [3.63, 3.8) is 0 Å². The molecule has 0 aliphatic heterocycles. The molecule has 0 bridgehead atoms. The third-order valence-electron chi connectivity index (χ3n) is 3.46. The van der Waals surface area contributed by atoms with Crippen molar-refractivity contribution in [2.45, 2.75) is 24.3 Å². The summed E-state index contributed by atoms with van der Waals surface area (Å²) >= 11 is 7.08. The van der Waals surface area contributed by atoms with E-state index in [9.17, 15) is 4.79 Å². The van der Waals surface area contributed by atoms with Crippen molar-refractivity contribution in [2.75, 3.05) is 5.32 Å². The van der Waals surface area contributed by atoms with E-state index in [0.29, 0.717) is 16.1 Å². The molecule has 0 aliphatic rings. The molecule has 0 spiro atoms. The number of amides is 1. The van der Waals surface area contributed by atoms with E-state index in [1.54, 1.807) is 31.2 Å². The molecule has 1 aromatic heterocycles. The summed E-state index contributed by atoms with van der Waals surface area (Å²) in [6.45, 7) is 3.79. The zero-order valence-electron chi connectivity index (χ0n) is 13.7. The highest BCUT2D eigenvalue weighted by molar-refractivity contribution is 8.00. The van der Waals surface area contributed by atoms with Gasteiger partial charge in [-0.05, 0) is 50.2 Å². The van der Waals surface area contributed by atoms with Gasteiger partial charge in [0.25, 0.3) is 5.22 Å². The monoisotopic (exact) mass is 373 g/mol. The highest BCUT2D eigenvalue weighted by Crippen LogP contribution is 2.27. The summed E-state index contributed by atoms with van der Waals surface area (Å²) in [6.07, 6.45) is 0. The Morgan fingerprint density at radius 2 is 1.80 bits per heavy atom. The number of benzene rings is 2. The fourth-order valence-corrected chi connectivity index (χ4v) is 2.86. The highest BCUT2D eigenvalue weighted by Gasteiger charge is 2.19. The maximum Gasteiger partial charge on any atom is 0.277 e. The molecule has 2 aromatic carbocycles. The number of hydrogen-bond acceptors (Lipinski definition) is 5. The average Bonchev–Trinajstić information content (AvgIpc) is 3.06. The Morgan fingerprint density at radius 1 is 1.12 bits per heavy atom. The van der Waals surface area contributed by atoms with Crippen molar-refractivity contribution >= 4 is 35.0 Å². The van der Waals surface area contributed by atoms with Crippen LogP contribution >= 0.6 is 23.4 Å². The molecule has 128 valence electrons. The molecule has 1 N–H and O–H groups in total. The minimum Gasteiger partial charge on any atom is -0.411 e. The van der Waals surface area contributed by atoms with Crippen LogP contribution in [-0.4, -0.2) is 21.4 Å². The van der Waals surface area contributed by atoms with Crippen molar-refractivity contribution < 1.29 is 9.21 Å². The molecule has 1 amide bonds. The number of hydrogen-bond donors (Lipinski definition) is 1. The van der Waals surface area contributed by atoms with Crippen molar-refractivity contribution in [3.8, 4) is 11.5 Å². The molecule has 0 aliphatic carbocycles. The van der Waals surface area contributed by atoms with Gasteiger partial charge >= 0.3 is 0 Å². The number of aromatic nitrogens is 2. The van der Waals surface area contributed by atoms with Crippen LogP contribution < -0.4 is 5.32 Å². The number of rotatable bonds is 5. The van der Waals surface area contributed by atoms with Gasteiger partial charge < -0.3 is 9.73 Å². The maximum absolute atomic E-state index is 12.3. The Balaban J connectivity index is 1.62. The molecule has 0 fully saturated rings. The number of aryl methyl sites for hydroxylation is 1. The molecule has 5 nitrogen and oxygen atoms in total. The Hall–Kier alpha value is -2.31. The van der Waals surface area contributed by atoms with Gasteiger partial charge in [-0.3, -0.25) is 4.79 Å². The van der Waals surface area contributed by atoms with Crippen LogP contribution in [0.1, 0.15) is 12.5 Å². The van der Waals surface area contributed by atoms with Crippen LogP contribution in [0.4, 0.5) is 5.69 Å². The summed E-state index contributed by atoms with van der Waals surface area (Å²) in [5.41, 5.74) is 2.68. The first-order chi connectivity index (χ1) is 12.0. The number of anilines is 1. The van der Waals surface area contributed by atoms with E-state index in [2.05, 4.69) is 15.5 Å². The lowest BCUT2D eigenvalue weighted by atomic mass is 10.2. The lowest BCUT2D eigenvalue weighted by Gasteiger charge is -2.10. The zero-order valence-corrected chi connectivity index (χ0v) is 15.3. The topological polar surface area (TPSA) is 68.0 Å². The Kier molecular flexibility index (Phi) is 5.40. The fraction of sp³-hybridized carbons (Fsp3) is 0.167. The molecule has 1 heterocycles. The van der Waals surface area contributed by atoms with Crippen LogP contribution in [0.25, 0.3) is 11.5 Å². The van der Waals surface area contributed by atoms with E-state index in [1.807, 2.05) is 31.2 Å². The highest BCUT2D eigenvalue weighted by atomic mass is 35.5. The first kappa shape index (κ1) is 17.5. The van der Waals surface area contributed by atoms with Gasteiger partial charge in [-0.15, -0.1) is 10.2 Å². The quantitative estimate of drug-likeness (QED) is 0.649. The van der Waals surface area contributed by atoms with E-state index in [0.717, 1.165) is 16.8 Å². The summed E-state index contributed by atoms with van der Waals surface area (Å²) in [6, 6.07) is 14.8. The molecular formula is C18H16ClN3O2S. The molecular weight excluding hydrogens is 358 g/mol. The van der Waals surface area contributed by atoms with Crippen LogP contribution in [0.15, 0.2) is 58.2 Å². The van der Waals surface area contributed by atoms with Gasteiger partial charge in [0.15, 0.2) is 0 Å². The van der Waals surface area contributed by atoms with E-state index < -0.39 is 0 Å². The maximum atomic E-state index is 12.3. The minimum absolute atomic E-state index is 0.125. The Bertz CT molecular complexity index is 863. The molecule has 25 heavy (non-hydrogen) atoms. The number of halogens is 1. The first-order valence-electron chi connectivity index (χ1n) is 7.65. The molecule has 1 atom stereocenters. The molecule has 0 radical (unpaired) electrons. The van der Waals surface area contributed by atoms with Crippen LogP contribution in [0.3, 0.4) is 0 Å². The van der Waals surface area contributed by atoms with Gasteiger partial charge in [0.1, 0.15) is 0 Å². The van der Waals surface area contributed by atoms with E-state index in [-0.39, 0.29) is 11.2 Å². The fourth-order valence-electron chi connectivity index (χ4n) is 2.05. The van der Waals surface area contributed by atoms with Gasteiger partial charge in [-0.1, -0.05) is 41.1 Å². The van der Waals surface area contributed by atoms with Gasteiger partial charge in [-0.25, -0.2) is 0 Å². The van der Waals surface area contributed by atoms with Crippen molar-refractivity contribution in [2.24, 2.45) is 0 Å². The van der Waals surface area contributed by atoms with Crippen LogP contribution in [0.5, 0.6) is 0 Å². The lowest BCUT2D eigenvalue weighted by molar-refractivity contribution is -0.115. The van der Waals surface area contributed by atoms with Gasteiger partial charge in [-0.2, -0.15) is 0 Å². The Labute approximate surface area is 154 Å². The number of nitrogens with zero attached hydrogens (tertiary/aromatic N) is 2. The van der Waals surface area contributed by atoms with Crippen molar-refractivity contribution in [1.29, 1.82) is 0 Å². The smallest absolute Gasteiger partial charge is 0.277 e. The molecule has 0 saturated heterocycles. The third-order valence-corrected chi connectivity index (χ3v) is 4.65. The second-order valence-corrected chi connectivity index (χ2v) is 7.22. The van der Waals surface area contributed by atoms with Gasteiger partial charge in [0.05, 0.1) is 5.25 Å². The van der Waals surface area contributed by atoms with E-state index in [4.69, 9.17) is 16.0 Å². The van der Waals surface area contributed by atoms with Crippen LogP contribution in [0, 0.1) is 6.92 Å². The Morgan fingerprint density at radius 3 is 2.48 bits per heavy atom. The van der Waals surface area contributed by atoms with E-state index in [1.165, 1.54) is 11.8 Å². The number of carbonyl (C=O) groups excluding carboxylic acids is 1.